The van der Waals surface area contributed by atoms with E-state index in [0.717, 1.165) is 13.0 Å². The Balaban J connectivity index is 3.59. The van der Waals surface area contributed by atoms with Crippen LogP contribution in [0, 0.1) is 0 Å². The molecular weight excluding hydrogens is 172 g/mol. The number of primary amides is 1. The summed E-state index contributed by atoms with van der Waals surface area (Å²) in [5.74, 6) is -0.396. The minimum Gasteiger partial charge on any atom is -0.351 e. The molecule has 0 aliphatic heterocycles. The van der Waals surface area contributed by atoms with E-state index in [9.17, 15) is 9.59 Å². The molecule has 6 heteroatoms. The van der Waals surface area contributed by atoms with Crippen LogP contribution in [0.3, 0.4) is 0 Å². The van der Waals surface area contributed by atoms with Crippen molar-refractivity contribution in [2.24, 2.45) is 11.5 Å². The maximum Gasteiger partial charge on any atom is 0.318 e. The van der Waals surface area contributed by atoms with Crippen molar-refractivity contribution < 1.29 is 9.59 Å². The summed E-state index contributed by atoms with van der Waals surface area (Å²) in [6, 6.07) is -0.822. The average molecular weight is 188 g/mol. The van der Waals surface area contributed by atoms with Crippen molar-refractivity contribution in [3.63, 3.8) is 0 Å². The van der Waals surface area contributed by atoms with Gasteiger partial charge in [-0.25, -0.2) is 4.79 Å². The number of hydrogen-bond acceptors (Lipinski definition) is 4. The molecule has 76 valence electrons. The van der Waals surface area contributed by atoms with Crippen LogP contribution in [0.25, 0.3) is 0 Å². The van der Waals surface area contributed by atoms with E-state index in [1.807, 2.05) is 5.32 Å². The highest BCUT2D eigenvalue weighted by Gasteiger charge is 2.06. The second-order valence-corrected chi connectivity index (χ2v) is 2.79. The lowest BCUT2D eigenvalue weighted by Gasteiger charge is -2.14. The van der Waals surface area contributed by atoms with Gasteiger partial charge in [0.05, 0.1) is 6.54 Å². The highest BCUT2D eigenvalue weighted by molar-refractivity contribution is 5.94. The first-order chi connectivity index (χ1) is 6.06. The van der Waals surface area contributed by atoms with Crippen LogP contribution in [0.5, 0.6) is 0 Å². The standard InChI is InChI=1S/C7H16N4O2/c1-11(4-2-3-8)5-6(12)10-7(9)13/h2-5,8H2,1H3,(H3,9,10,12,13). The van der Waals surface area contributed by atoms with Gasteiger partial charge in [0.25, 0.3) is 0 Å². The molecule has 0 rings (SSSR count). The zero-order chi connectivity index (χ0) is 10.3. The summed E-state index contributed by atoms with van der Waals surface area (Å²) < 4.78 is 0. The zero-order valence-electron chi connectivity index (χ0n) is 7.75. The smallest absolute Gasteiger partial charge is 0.318 e. The van der Waals surface area contributed by atoms with E-state index < -0.39 is 11.9 Å². The molecule has 5 N–H and O–H groups in total. The molecule has 0 aliphatic rings. The summed E-state index contributed by atoms with van der Waals surface area (Å²) in [6.07, 6.45) is 0.820. The van der Waals surface area contributed by atoms with Crippen LogP contribution in [0.1, 0.15) is 6.42 Å². The lowest BCUT2D eigenvalue weighted by Crippen LogP contribution is -2.41. The van der Waals surface area contributed by atoms with Gasteiger partial charge in [-0.15, -0.1) is 0 Å². The van der Waals surface area contributed by atoms with E-state index in [-0.39, 0.29) is 6.54 Å². The Bertz CT molecular complexity index is 183. The van der Waals surface area contributed by atoms with Gasteiger partial charge in [-0.05, 0) is 26.6 Å². The Morgan fingerprint density at radius 1 is 1.46 bits per heavy atom. The number of nitrogens with two attached hydrogens (primary N) is 2. The first kappa shape index (κ1) is 11.9. The Morgan fingerprint density at radius 2 is 2.08 bits per heavy atom. The fourth-order valence-corrected chi connectivity index (χ4v) is 0.862. The number of amides is 3. The van der Waals surface area contributed by atoms with Crippen molar-refractivity contribution in [1.29, 1.82) is 0 Å². The first-order valence-electron chi connectivity index (χ1n) is 4.04. The Morgan fingerprint density at radius 3 is 2.54 bits per heavy atom. The van der Waals surface area contributed by atoms with Gasteiger partial charge in [-0.2, -0.15) is 0 Å². The van der Waals surface area contributed by atoms with Crippen molar-refractivity contribution in [2.75, 3.05) is 26.7 Å². The van der Waals surface area contributed by atoms with E-state index in [4.69, 9.17) is 11.5 Å². The molecule has 0 radical (unpaired) electrons. The molecule has 3 amide bonds. The van der Waals surface area contributed by atoms with Crippen LogP contribution in [0.4, 0.5) is 4.79 Å². The number of nitrogens with zero attached hydrogens (tertiary/aromatic N) is 1. The normalized spacial score (nSPS) is 10.1. The van der Waals surface area contributed by atoms with Gasteiger partial charge < -0.3 is 11.5 Å². The first-order valence-corrected chi connectivity index (χ1v) is 4.04. The molecule has 6 nitrogen and oxygen atoms in total. The predicted octanol–water partition coefficient (Wildman–Crippen LogP) is -1.54. The largest absolute Gasteiger partial charge is 0.351 e. The molecule has 0 spiro atoms. The SMILES string of the molecule is CN(CCCN)CC(=O)NC(N)=O. The van der Waals surface area contributed by atoms with Crippen LogP contribution in [-0.2, 0) is 4.79 Å². The van der Waals surface area contributed by atoms with Gasteiger partial charge in [0, 0.05) is 0 Å². The Labute approximate surface area is 77.2 Å². The third kappa shape index (κ3) is 7.23. The van der Waals surface area contributed by atoms with Crippen LogP contribution < -0.4 is 16.8 Å². The van der Waals surface area contributed by atoms with Crippen LogP contribution >= 0.6 is 0 Å². The van der Waals surface area contributed by atoms with E-state index in [0.29, 0.717) is 6.54 Å². The molecule has 0 aromatic rings. The fraction of sp³-hybridized carbons (Fsp3) is 0.714. The quantitative estimate of drug-likeness (QED) is 0.486. The number of hydrogen-bond donors (Lipinski definition) is 3. The van der Waals surface area contributed by atoms with Crippen molar-refractivity contribution in [3.8, 4) is 0 Å². The molecule has 0 saturated carbocycles. The van der Waals surface area contributed by atoms with Crippen molar-refractivity contribution in [2.45, 2.75) is 6.42 Å². The average Bonchev–Trinajstić information content (AvgIpc) is 1.98. The molecular formula is C7H16N4O2. The maximum atomic E-state index is 10.9. The van der Waals surface area contributed by atoms with E-state index in [1.54, 1.807) is 11.9 Å². The van der Waals surface area contributed by atoms with Gasteiger partial charge in [0.2, 0.25) is 5.91 Å². The maximum absolute atomic E-state index is 10.9. The van der Waals surface area contributed by atoms with Gasteiger partial charge >= 0.3 is 6.03 Å². The summed E-state index contributed by atoms with van der Waals surface area (Å²) in [5, 5.41) is 1.98. The molecule has 0 aliphatic carbocycles. The van der Waals surface area contributed by atoms with Gasteiger partial charge in [-0.1, -0.05) is 0 Å². The third-order valence-electron chi connectivity index (χ3n) is 1.42. The number of rotatable bonds is 5. The van der Waals surface area contributed by atoms with E-state index in [1.165, 1.54) is 0 Å². The van der Waals surface area contributed by atoms with Gasteiger partial charge in [-0.3, -0.25) is 15.0 Å². The Hall–Kier alpha value is -1.14. The molecule has 0 heterocycles. The molecule has 0 fully saturated rings. The highest BCUT2D eigenvalue weighted by atomic mass is 16.2. The van der Waals surface area contributed by atoms with E-state index in [2.05, 4.69) is 0 Å². The third-order valence-corrected chi connectivity index (χ3v) is 1.42. The van der Waals surface area contributed by atoms with Crippen molar-refractivity contribution in [3.05, 3.63) is 0 Å². The summed E-state index contributed by atoms with van der Waals surface area (Å²) >= 11 is 0. The lowest BCUT2D eigenvalue weighted by atomic mass is 10.4. The summed E-state index contributed by atoms with van der Waals surface area (Å²) in [7, 11) is 1.77. The topological polar surface area (TPSA) is 101 Å². The molecule has 0 atom stereocenters. The second-order valence-electron chi connectivity index (χ2n) is 2.79. The number of urea groups is 1. The highest BCUT2D eigenvalue weighted by Crippen LogP contribution is 1.84. The summed E-state index contributed by atoms with van der Waals surface area (Å²) in [6.45, 7) is 1.47. The zero-order valence-corrected chi connectivity index (χ0v) is 7.75. The molecule has 0 aromatic carbocycles. The monoisotopic (exact) mass is 188 g/mol. The number of carbonyl (C=O) groups excluding carboxylic acids is 2. The van der Waals surface area contributed by atoms with Gasteiger partial charge in [0.1, 0.15) is 0 Å². The van der Waals surface area contributed by atoms with Crippen molar-refractivity contribution >= 4 is 11.9 Å². The number of imide groups is 1. The number of nitrogens with one attached hydrogen (secondary N) is 1. The number of likely N-dealkylation sites (N-methyl/N-ethyl adjacent to an activating group) is 1. The fourth-order valence-electron chi connectivity index (χ4n) is 0.862. The molecule has 13 heavy (non-hydrogen) atoms. The van der Waals surface area contributed by atoms with Crippen molar-refractivity contribution in [1.82, 2.24) is 10.2 Å². The number of carbonyl (C=O) groups is 2. The minimum atomic E-state index is -0.822. The van der Waals surface area contributed by atoms with Crippen LogP contribution in [0.15, 0.2) is 0 Å². The molecule has 0 bridgehead atoms. The molecule has 0 aromatic heterocycles. The minimum absolute atomic E-state index is 0.156. The van der Waals surface area contributed by atoms with E-state index >= 15 is 0 Å². The van der Waals surface area contributed by atoms with Crippen LogP contribution in [-0.4, -0.2) is 43.5 Å². The van der Waals surface area contributed by atoms with Crippen LogP contribution in [0.2, 0.25) is 0 Å². The predicted molar refractivity (Wildman–Crippen MR) is 48.9 cm³/mol. The Kier molecular flexibility index (Phi) is 5.82. The second kappa shape index (κ2) is 6.38. The molecule has 0 saturated heterocycles. The summed E-state index contributed by atoms with van der Waals surface area (Å²) in [4.78, 5) is 23.0. The summed E-state index contributed by atoms with van der Waals surface area (Å²) in [5.41, 5.74) is 10.0. The lowest BCUT2D eigenvalue weighted by molar-refractivity contribution is -0.120. The molecule has 0 unspecified atom stereocenters. The van der Waals surface area contributed by atoms with Gasteiger partial charge in [0.15, 0.2) is 0 Å².